The largest absolute Gasteiger partial charge is 0.457 e. The molecule has 0 saturated carbocycles. The molecule has 0 bridgehead atoms. The summed E-state index contributed by atoms with van der Waals surface area (Å²) in [6.45, 7) is 0. The summed E-state index contributed by atoms with van der Waals surface area (Å²) in [7, 11) is 0. The van der Waals surface area contributed by atoms with Crippen LogP contribution >= 0.6 is 0 Å². The van der Waals surface area contributed by atoms with Gasteiger partial charge in [-0.25, -0.2) is 0 Å². The fraction of sp³-hybridized carbons (Fsp3) is 0.118. The topological polar surface area (TPSA) is 70.5 Å². The summed E-state index contributed by atoms with van der Waals surface area (Å²) in [6.07, 6.45) is -10.1. The van der Waals surface area contributed by atoms with E-state index >= 15 is 26.3 Å². The molecule has 10 heteroatoms. The molecule has 0 amide bonds. The molecular formula is C34H22F6N2O2. The van der Waals surface area contributed by atoms with Crippen molar-refractivity contribution in [1.82, 2.24) is 0 Å². The predicted octanol–water partition coefficient (Wildman–Crippen LogP) is 8.86. The first kappa shape index (κ1) is 27.7. The van der Waals surface area contributed by atoms with E-state index in [1.165, 1.54) is 72.8 Å². The Balaban J connectivity index is 1.67. The van der Waals surface area contributed by atoms with Gasteiger partial charge < -0.3 is 20.9 Å². The minimum atomic E-state index is -5.06. The Bertz CT molecular complexity index is 1790. The third kappa shape index (κ3) is 3.60. The Kier molecular flexibility index (Phi) is 5.78. The third-order valence-electron chi connectivity index (χ3n) is 8.41. The summed E-state index contributed by atoms with van der Waals surface area (Å²) in [5.74, 6) is -0.876. The molecule has 2 unspecified atom stereocenters. The number of nitrogens with two attached hydrogens (primary N) is 2. The van der Waals surface area contributed by atoms with Crippen molar-refractivity contribution in [3.8, 4) is 23.0 Å². The molecule has 0 aromatic heterocycles. The first-order chi connectivity index (χ1) is 20.9. The number of hydrogen-bond acceptors (Lipinski definition) is 4. The molecule has 4 nitrogen and oxygen atoms in total. The maximum absolute atomic E-state index is 15.9. The quantitative estimate of drug-likeness (QED) is 0.156. The Morgan fingerprint density at radius 2 is 0.795 bits per heavy atom. The first-order valence-corrected chi connectivity index (χ1v) is 13.5. The molecule has 0 saturated heterocycles. The molecule has 0 radical (unpaired) electrons. The number of benzene rings is 5. The molecule has 5 aromatic carbocycles. The molecular weight excluding hydrogens is 582 g/mol. The van der Waals surface area contributed by atoms with E-state index in [4.69, 9.17) is 20.9 Å². The highest BCUT2D eigenvalue weighted by molar-refractivity contribution is 5.74. The van der Waals surface area contributed by atoms with Gasteiger partial charge in [-0.2, -0.15) is 26.3 Å². The molecule has 2 aliphatic heterocycles. The highest BCUT2D eigenvalue weighted by Gasteiger charge is 2.66. The van der Waals surface area contributed by atoms with Crippen molar-refractivity contribution in [2.24, 2.45) is 0 Å². The monoisotopic (exact) mass is 604 g/mol. The fourth-order valence-electron chi connectivity index (χ4n) is 6.64. The Morgan fingerprint density at radius 3 is 1.16 bits per heavy atom. The summed E-state index contributed by atoms with van der Waals surface area (Å²) in [4.78, 5) is 0. The third-order valence-corrected chi connectivity index (χ3v) is 8.41. The van der Waals surface area contributed by atoms with Gasteiger partial charge in [0.1, 0.15) is 33.8 Å². The van der Waals surface area contributed by atoms with Crippen molar-refractivity contribution in [3.05, 3.63) is 143 Å². The van der Waals surface area contributed by atoms with Crippen molar-refractivity contribution in [1.29, 1.82) is 0 Å². The van der Waals surface area contributed by atoms with E-state index in [9.17, 15) is 0 Å². The molecule has 4 N–H and O–H groups in total. The lowest BCUT2D eigenvalue weighted by Gasteiger charge is -2.45. The molecule has 0 spiro atoms. The SMILES string of the molecule is Nc1ccc2c(c1)C(c1ccccc1)(C(F)(F)F)c1cc3c(cc1O2)Oc1ccc(N)cc1C3(c1ccccc1)C(F)(F)F. The Morgan fingerprint density at radius 1 is 0.432 bits per heavy atom. The molecule has 5 aromatic rings. The van der Waals surface area contributed by atoms with Crippen molar-refractivity contribution in [3.63, 3.8) is 0 Å². The molecule has 44 heavy (non-hydrogen) atoms. The molecule has 2 atom stereocenters. The Hall–Kier alpha value is -5.12. The smallest absolute Gasteiger partial charge is 0.406 e. The molecule has 0 aliphatic carbocycles. The van der Waals surface area contributed by atoms with Crippen LogP contribution in [-0.2, 0) is 10.8 Å². The Labute approximate surface area is 247 Å². The van der Waals surface area contributed by atoms with Crippen molar-refractivity contribution in [2.45, 2.75) is 23.2 Å². The maximum Gasteiger partial charge on any atom is 0.406 e. The van der Waals surface area contributed by atoms with Gasteiger partial charge in [-0.3, -0.25) is 0 Å². The van der Waals surface area contributed by atoms with Crippen LogP contribution in [0.1, 0.15) is 33.4 Å². The van der Waals surface area contributed by atoms with Gasteiger partial charge in [-0.15, -0.1) is 0 Å². The molecule has 0 fully saturated rings. The lowest BCUT2D eigenvalue weighted by Crippen LogP contribution is -2.49. The minimum Gasteiger partial charge on any atom is -0.457 e. The number of hydrogen-bond donors (Lipinski definition) is 2. The van der Waals surface area contributed by atoms with Crippen LogP contribution in [0.15, 0.2) is 109 Å². The number of alkyl halides is 6. The summed E-state index contributed by atoms with van der Waals surface area (Å²) in [6, 6.07) is 23.8. The second kappa shape index (κ2) is 9.19. The normalized spacial score (nSPS) is 20.3. The predicted molar refractivity (Wildman–Crippen MR) is 153 cm³/mol. The molecule has 7 rings (SSSR count). The fourth-order valence-corrected chi connectivity index (χ4v) is 6.64. The van der Waals surface area contributed by atoms with Gasteiger partial charge in [0.2, 0.25) is 0 Å². The van der Waals surface area contributed by atoms with Crippen molar-refractivity contribution >= 4 is 11.4 Å². The van der Waals surface area contributed by atoms with Crippen LogP contribution in [0.25, 0.3) is 0 Å². The van der Waals surface area contributed by atoms with E-state index in [-0.39, 0.29) is 56.6 Å². The summed E-state index contributed by atoms with van der Waals surface area (Å²) in [5.41, 5.74) is 3.94. The van der Waals surface area contributed by atoms with Gasteiger partial charge in [0.25, 0.3) is 0 Å². The van der Waals surface area contributed by atoms with E-state index in [2.05, 4.69) is 0 Å². The molecule has 2 aliphatic rings. The zero-order valence-electron chi connectivity index (χ0n) is 22.6. The summed E-state index contributed by atoms with van der Waals surface area (Å²) in [5, 5.41) is 0. The first-order valence-electron chi connectivity index (χ1n) is 13.5. The van der Waals surface area contributed by atoms with Gasteiger partial charge in [0.05, 0.1) is 0 Å². The lowest BCUT2D eigenvalue weighted by atomic mass is 9.63. The highest BCUT2D eigenvalue weighted by atomic mass is 19.4. The summed E-state index contributed by atoms with van der Waals surface area (Å²) >= 11 is 0. The van der Waals surface area contributed by atoms with Crippen LogP contribution in [0.5, 0.6) is 23.0 Å². The van der Waals surface area contributed by atoms with Crippen LogP contribution in [0.4, 0.5) is 37.7 Å². The number of anilines is 2. The van der Waals surface area contributed by atoms with Crippen molar-refractivity contribution < 1.29 is 35.8 Å². The standard InChI is InChI=1S/C34H22F6N2O2/c35-33(36,37)31(19-7-3-1-4-8-19)23-15-21(41)11-13-27(23)43-29-18-30-26(17-25(29)31)32(34(38,39)40,20-9-5-2-6-10-20)24-16-22(42)12-14-28(24)44-30/h1-18H,41-42H2. The molecule has 222 valence electrons. The van der Waals surface area contributed by atoms with Gasteiger partial charge in [-0.05, 0) is 53.6 Å². The van der Waals surface area contributed by atoms with Gasteiger partial charge in [-0.1, -0.05) is 60.7 Å². The number of fused-ring (bicyclic) bond motifs is 4. The maximum atomic E-state index is 15.9. The number of ether oxygens (including phenoxy) is 2. The van der Waals surface area contributed by atoms with Gasteiger partial charge >= 0.3 is 12.4 Å². The minimum absolute atomic E-state index is 0.0278. The zero-order chi connectivity index (χ0) is 31.1. The van der Waals surface area contributed by atoms with Crippen LogP contribution < -0.4 is 20.9 Å². The second-order valence-corrected chi connectivity index (χ2v) is 10.8. The van der Waals surface area contributed by atoms with Crippen molar-refractivity contribution in [2.75, 3.05) is 11.5 Å². The van der Waals surface area contributed by atoms with Crippen LogP contribution in [-0.4, -0.2) is 12.4 Å². The zero-order valence-corrected chi connectivity index (χ0v) is 22.6. The van der Waals surface area contributed by atoms with Gasteiger partial charge in [0, 0.05) is 39.7 Å². The summed E-state index contributed by atoms with van der Waals surface area (Å²) < 4.78 is 107. The highest BCUT2D eigenvalue weighted by Crippen LogP contribution is 2.65. The van der Waals surface area contributed by atoms with E-state index in [1.807, 2.05) is 0 Å². The average Bonchev–Trinajstić information content (AvgIpc) is 2.98. The lowest BCUT2D eigenvalue weighted by molar-refractivity contribution is -0.169. The second-order valence-electron chi connectivity index (χ2n) is 10.8. The van der Waals surface area contributed by atoms with E-state index < -0.39 is 34.3 Å². The number of rotatable bonds is 2. The average molecular weight is 605 g/mol. The van der Waals surface area contributed by atoms with Crippen LogP contribution in [0, 0.1) is 0 Å². The number of halogens is 6. The van der Waals surface area contributed by atoms with E-state index in [1.54, 1.807) is 12.1 Å². The van der Waals surface area contributed by atoms with Crippen LogP contribution in [0.2, 0.25) is 0 Å². The van der Waals surface area contributed by atoms with Gasteiger partial charge in [0.15, 0.2) is 0 Å². The van der Waals surface area contributed by atoms with E-state index in [0.717, 1.165) is 24.3 Å². The number of nitrogen functional groups attached to an aromatic ring is 2. The van der Waals surface area contributed by atoms with Crippen LogP contribution in [0.3, 0.4) is 0 Å². The van der Waals surface area contributed by atoms with E-state index in [0.29, 0.717) is 0 Å². The molecule has 2 heterocycles.